The number of allylic oxidation sites excluding steroid dienone is 3. The summed E-state index contributed by atoms with van der Waals surface area (Å²) in [5.41, 5.74) is 1.83. The van der Waals surface area contributed by atoms with Crippen molar-refractivity contribution in [2.45, 2.75) is 13.5 Å². The molecule has 0 aromatic heterocycles. The first kappa shape index (κ1) is 15.5. The maximum atomic E-state index is 12.9. The van der Waals surface area contributed by atoms with Crippen LogP contribution >= 0.6 is 0 Å². The standard InChI is InChI=1S/C21H19N2O2/c1-2-22-20(24)18-12-5-6-13-19(18)23(21(22)25)14-16-10-7-9-15-8-3-4-11-17(15)16/h3-13,18H,2,14H2,1H3/q+1. The van der Waals surface area contributed by atoms with E-state index < -0.39 is 0 Å². The average Bonchev–Trinajstić information content (AvgIpc) is 2.66. The van der Waals surface area contributed by atoms with Crippen molar-refractivity contribution in [1.29, 1.82) is 0 Å². The van der Waals surface area contributed by atoms with E-state index in [-0.39, 0.29) is 17.9 Å². The number of hydrogen-bond donors (Lipinski definition) is 0. The number of fused-ring (bicyclic) bond motifs is 2. The van der Waals surface area contributed by atoms with Crippen molar-refractivity contribution in [3.05, 3.63) is 72.3 Å². The molecular weight excluding hydrogens is 312 g/mol. The van der Waals surface area contributed by atoms with E-state index in [2.05, 4.69) is 18.2 Å². The molecular formula is C21H19N2O2+. The highest BCUT2D eigenvalue weighted by Crippen LogP contribution is 2.24. The van der Waals surface area contributed by atoms with Gasteiger partial charge in [-0.2, -0.15) is 14.3 Å². The van der Waals surface area contributed by atoms with Crippen LogP contribution in [-0.2, 0) is 11.3 Å². The van der Waals surface area contributed by atoms with Gasteiger partial charge in [0.15, 0.2) is 0 Å². The summed E-state index contributed by atoms with van der Waals surface area (Å²) in [6.07, 6.45) is 7.48. The first-order valence-electron chi connectivity index (χ1n) is 8.52. The van der Waals surface area contributed by atoms with E-state index in [9.17, 15) is 9.59 Å². The van der Waals surface area contributed by atoms with Crippen molar-refractivity contribution < 1.29 is 14.2 Å². The molecule has 0 bridgehead atoms. The number of hydrogen-bond acceptors (Lipinski definition) is 2. The first-order valence-corrected chi connectivity index (χ1v) is 8.52. The molecule has 4 heteroatoms. The number of carbonyl (C=O) groups is 2. The van der Waals surface area contributed by atoms with Crippen molar-refractivity contribution in [3.63, 3.8) is 0 Å². The Morgan fingerprint density at radius 2 is 1.84 bits per heavy atom. The molecule has 0 saturated carbocycles. The fraction of sp³-hybridized carbons (Fsp3) is 0.190. The van der Waals surface area contributed by atoms with Crippen LogP contribution in [0.3, 0.4) is 0 Å². The minimum atomic E-state index is -0.377. The fourth-order valence-corrected chi connectivity index (χ4v) is 3.57. The Morgan fingerprint density at radius 1 is 1.04 bits per heavy atom. The van der Waals surface area contributed by atoms with Gasteiger partial charge in [-0.3, -0.25) is 0 Å². The minimum Gasteiger partial charge on any atom is -0.245 e. The molecule has 0 N–H and O–H groups in total. The van der Waals surface area contributed by atoms with Gasteiger partial charge in [-0.15, -0.1) is 0 Å². The monoisotopic (exact) mass is 331 g/mol. The van der Waals surface area contributed by atoms with Crippen LogP contribution < -0.4 is 0 Å². The maximum absolute atomic E-state index is 12.9. The Labute approximate surface area is 146 Å². The van der Waals surface area contributed by atoms with Crippen molar-refractivity contribution in [2.75, 3.05) is 6.54 Å². The van der Waals surface area contributed by atoms with Crippen molar-refractivity contribution in [1.82, 2.24) is 4.90 Å². The third kappa shape index (κ3) is 2.50. The summed E-state index contributed by atoms with van der Waals surface area (Å²) in [5.74, 6) is -0.519. The average molecular weight is 331 g/mol. The van der Waals surface area contributed by atoms with E-state index in [0.717, 1.165) is 22.0 Å². The zero-order chi connectivity index (χ0) is 17.4. The smallest absolute Gasteiger partial charge is 0.245 e. The molecule has 25 heavy (non-hydrogen) atoms. The van der Waals surface area contributed by atoms with Gasteiger partial charge in [0.1, 0.15) is 18.2 Å². The topological polar surface area (TPSA) is 40.4 Å². The largest absolute Gasteiger partial charge is 0.501 e. The summed E-state index contributed by atoms with van der Waals surface area (Å²) < 4.78 is 1.73. The molecule has 0 fully saturated rings. The van der Waals surface area contributed by atoms with Gasteiger partial charge < -0.3 is 0 Å². The number of rotatable bonds is 3. The molecule has 2 aliphatic rings. The van der Waals surface area contributed by atoms with Gasteiger partial charge in [0.2, 0.25) is 0 Å². The highest BCUT2D eigenvalue weighted by Gasteiger charge is 2.45. The SMILES string of the molecule is CCN1C(=O)C2C=CC=CC2=[N+](Cc2cccc3ccccc23)C1=O. The lowest BCUT2D eigenvalue weighted by molar-refractivity contribution is -0.456. The molecule has 1 unspecified atom stereocenters. The second-order valence-corrected chi connectivity index (χ2v) is 6.24. The lowest BCUT2D eigenvalue weighted by atomic mass is 9.94. The van der Waals surface area contributed by atoms with Gasteiger partial charge in [0.25, 0.3) is 0 Å². The summed E-state index contributed by atoms with van der Waals surface area (Å²) in [6.45, 7) is 2.66. The van der Waals surface area contributed by atoms with E-state index in [1.54, 1.807) is 4.58 Å². The predicted molar refractivity (Wildman–Crippen MR) is 97.5 cm³/mol. The molecule has 3 amide bonds. The van der Waals surface area contributed by atoms with Crippen LogP contribution in [0.25, 0.3) is 10.8 Å². The van der Waals surface area contributed by atoms with Crippen molar-refractivity contribution in [3.8, 4) is 0 Å². The Bertz CT molecular complexity index is 964. The summed E-state index contributed by atoms with van der Waals surface area (Å²) in [4.78, 5) is 26.8. The number of carbonyl (C=O) groups excluding carboxylic acids is 2. The Kier molecular flexibility index (Phi) is 3.80. The van der Waals surface area contributed by atoms with E-state index >= 15 is 0 Å². The van der Waals surface area contributed by atoms with Gasteiger partial charge in [-0.25, -0.2) is 4.79 Å². The zero-order valence-electron chi connectivity index (χ0n) is 14.1. The summed E-state index contributed by atoms with van der Waals surface area (Å²) in [6, 6.07) is 14.0. The maximum Gasteiger partial charge on any atom is 0.501 e. The van der Waals surface area contributed by atoms with Crippen LogP contribution in [0.5, 0.6) is 0 Å². The predicted octanol–water partition coefficient (Wildman–Crippen LogP) is 3.52. The number of benzene rings is 2. The summed E-state index contributed by atoms with van der Waals surface area (Å²) >= 11 is 0. The number of nitrogens with zero attached hydrogens (tertiary/aromatic N) is 2. The molecule has 1 atom stereocenters. The third-order valence-corrected chi connectivity index (χ3v) is 4.83. The normalized spacial score (nSPS) is 19.7. The van der Waals surface area contributed by atoms with Crippen LogP contribution in [0, 0.1) is 5.92 Å². The van der Waals surface area contributed by atoms with Gasteiger partial charge in [-0.1, -0.05) is 60.7 Å². The zero-order valence-corrected chi connectivity index (χ0v) is 14.1. The van der Waals surface area contributed by atoms with Gasteiger partial charge in [0, 0.05) is 5.56 Å². The minimum absolute atomic E-state index is 0.141. The third-order valence-electron chi connectivity index (χ3n) is 4.83. The molecule has 0 radical (unpaired) electrons. The summed E-state index contributed by atoms with van der Waals surface area (Å²) in [7, 11) is 0. The van der Waals surface area contributed by atoms with Crippen molar-refractivity contribution >= 4 is 28.4 Å². The Morgan fingerprint density at radius 3 is 2.68 bits per heavy atom. The van der Waals surface area contributed by atoms with Crippen LogP contribution in [0.1, 0.15) is 12.5 Å². The van der Waals surface area contributed by atoms with Crippen LogP contribution in [0.2, 0.25) is 0 Å². The number of imide groups is 1. The second-order valence-electron chi connectivity index (χ2n) is 6.24. The van der Waals surface area contributed by atoms with E-state index in [0.29, 0.717) is 13.1 Å². The van der Waals surface area contributed by atoms with Gasteiger partial charge in [0.05, 0.1) is 6.54 Å². The first-order chi connectivity index (χ1) is 12.2. The molecule has 2 aromatic rings. The van der Waals surface area contributed by atoms with Crippen LogP contribution in [-0.4, -0.2) is 33.7 Å². The molecule has 124 valence electrons. The van der Waals surface area contributed by atoms with Crippen LogP contribution in [0.15, 0.2) is 66.8 Å². The molecule has 4 nitrogen and oxygen atoms in total. The van der Waals surface area contributed by atoms with E-state index in [4.69, 9.17) is 0 Å². The lowest BCUT2D eigenvalue weighted by Gasteiger charge is -2.26. The molecule has 0 spiro atoms. The lowest BCUT2D eigenvalue weighted by Crippen LogP contribution is -2.53. The molecule has 2 aromatic carbocycles. The molecule has 1 heterocycles. The molecule has 1 aliphatic carbocycles. The molecule has 0 saturated heterocycles. The highest BCUT2D eigenvalue weighted by molar-refractivity contribution is 6.16. The summed E-state index contributed by atoms with van der Waals surface area (Å²) in [5, 5.41) is 2.28. The Balaban J connectivity index is 1.84. The number of urea groups is 1. The van der Waals surface area contributed by atoms with Crippen LogP contribution in [0.4, 0.5) is 4.79 Å². The van der Waals surface area contributed by atoms with Gasteiger partial charge >= 0.3 is 11.9 Å². The van der Waals surface area contributed by atoms with Gasteiger partial charge in [-0.05, 0) is 23.8 Å². The Hall–Kier alpha value is -3.01. The quantitative estimate of drug-likeness (QED) is 0.808. The van der Waals surface area contributed by atoms with E-state index in [1.807, 2.05) is 55.5 Å². The van der Waals surface area contributed by atoms with E-state index in [1.165, 1.54) is 4.90 Å². The second kappa shape index (κ2) is 6.13. The molecule has 4 rings (SSSR count). The number of amides is 3. The van der Waals surface area contributed by atoms with Crippen molar-refractivity contribution in [2.24, 2.45) is 5.92 Å². The fourth-order valence-electron chi connectivity index (χ4n) is 3.57. The molecule has 1 aliphatic heterocycles. The highest BCUT2D eigenvalue weighted by atomic mass is 16.2.